The molecule has 0 saturated heterocycles. The highest BCUT2D eigenvalue weighted by molar-refractivity contribution is 6.33. The quantitative estimate of drug-likeness (QED) is 0.924. The fourth-order valence-corrected chi connectivity index (χ4v) is 2.21. The zero-order chi connectivity index (χ0) is 15.4. The van der Waals surface area contributed by atoms with E-state index in [0.29, 0.717) is 17.1 Å². The third kappa shape index (κ3) is 3.55. The maximum atomic E-state index is 12.0. The lowest BCUT2D eigenvalue weighted by Gasteiger charge is -2.13. The minimum atomic E-state index is -0.0511. The van der Waals surface area contributed by atoms with E-state index in [4.69, 9.17) is 11.6 Å². The number of aryl methyl sites for hydroxylation is 1. The van der Waals surface area contributed by atoms with E-state index in [9.17, 15) is 4.79 Å². The molecule has 2 aromatic rings. The molecular weight excluding hydrogens is 288 g/mol. The largest absolute Gasteiger partial charge is 0.377 e. The van der Waals surface area contributed by atoms with Gasteiger partial charge in [0.15, 0.2) is 0 Å². The molecule has 1 amide bonds. The minimum Gasteiger partial charge on any atom is -0.377 e. The Kier molecular flexibility index (Phi) is 4.85. The molecule has 5 nitrogen and oxygen atoms in total. The van der Waals surface area contributed by atoms with Crippen LogP contribution in [0.3, 0.4) is 0 Å². The fraction of sp³-hybridized carbons (Fsp3) is 0.333. The Labute approximate surface area is 129 Å². The molecule has 0 spiro atoms. The number of hydrogen-bond acceptors (Lipinski definition) is 3. The topological polar surface area (TPSA) is 50.2 Å². The Morgan fingerprint density at radius 1 is 1.43 bits per heavy atom. The Bertz CT molecular complexity index is 636. The van der Waals surface area contributed by atoms with Gasteiger partial charge < -0.3 is 14.8 Å². The van der Waals surface area contributed by atoms with E-state index in [2.05, 4.69) is 21.8 Å². The van der Waals surface area contributed by atoms with Crippen LogP contribution in [0.2, 0.25) is 5.02 Å². The number of nitrogens with zero attached hydrogens (tertiary/aromatic N) is 3. The number of hydrogen-bond donors (Lipinski definition) is 1. The molecule has 0 fully saturated rings. The van der Waals surface area contributed by atoms with Crippen LogP contribution < -0.4 is 5.32 Å². The SMILES string of the molecule is CCn1ccnc1CNc1cc(C(=O)N(C)C)ccc1Cl. The van der Waals surface area contributed by atoms with Crippen LogP contribution in [0.15, 0.2) is 30.6 Å². The molecule has 0 radical (unpaired) electrons. The number of carbonyl (C=O) groups excluding carboxylic acids is 1. The van der Waals surface area contributed by atoms with Gasteiger partial charge in [0, 0.05) is 38.6 Å². The molecule has 0 aliphatic rings. The van der Waals surface area contributed by atoms with Crippen molar-refractivity contribution in [3.05, 3.63) is 47.0 Å². The van der Waals surface area contributed by atoms with Crippen molar-refractivity contribution in [2.24, 2.45) is 0 Å². The summed E-state index contributed by atoms with van der Waals surface area (Å²) < 4.78 is 2.05. The summed E-state index contributed by atoms with van der Waals surface area (Å²) in [7, 11) is 3.45. The number of benzene rings is 1. The van der Waals surface area contributed by atoms with Crippen LogP contribution in [0.25, 0.3) is 0 Å². The van der Waals surface area contributed by atoms with E-state index in [0.717, 1.165) is 18.1 Å². The summed E-state index contributed by atoms with van der Waals surface area (Å²) in [6.07, 6.45) is 3.71. The van der Waals surface area contributed by atoms with Gasteiger partial charge in [-0.1, -0.05) is 11.6 Å². The molecule has 0 unspecified atom stereocenters. The molecule has 6 heteroatoms. The Hall–Kier alpha value is -2.01. The Morgan fingerprint density at radius 3 is 2.86 bits per heavy atom. The number of halogens is 1. The number of imidazole rings is 1. The van der Waals surface area contributed by atoms with Gasteiger partial charge in [-0.3, -0.25) is 4.79 Å². The lowest BCUT2D eigenvalue weighted by Crippen LogP contribution is -2.21. The summed E-state index contributed by atoms with van der Waals surface area (Å²) >= 11 is 6.18. The highest BCUT2D eigenvalue weighted by Gasteiger charge is 2.11. The molecule has 0 aliphatic carbocycles. The molecule has 1 aromatic carbocycles. The maximum Gasteiger partial charge on any atom is 0.253 e. The summed E-state index contributed by atoms with van der Waals surface area (Å²) in [6, 6.07) is 5.22. The average molecular weight is 307 g/mol. The van der Waals surface area contributed by atoms with Crippen molar-refractivity contribution in [2.75, 3.05) is 19.4 Å². The molecule has 1 aromatic heterocycles. The van der Waals surface area contributed by atoms with E-state index in [1.165, 1.54) is 4.90 Å². The monoisotopic (exact) mass is 306 g/mol. The molecule has 1 heterocycles. The molecule has 1 N–H and O–H groups in total. The van der Waals surface area contributed by atoms with Crippen molar-refractivity contribution in [1.29, 1.82) is 0 Å². The number of carbonyl (C=O) groups is 1. The smallest absolute Gasteiger partial charge is 0.253 e. The second-order valence-corrected chi connectivity index (χ2v) is 5.28. The van der Waals surface area contributed by atoms with Gasteiger partial charge >= 0.3 is 0 Å². The molecule has 0 bridgehead atoms. The van der Waals surface area contributed by atoms with Crippen LogP contribution >= 0.6 is 11.6 Å². The minimum absolute atomic E-state index is 0.0511. The molecule has 0 aliphatic heterocycles. The first-order valence-electron chi connectivity index (χ1n) is 6.78. The van der Waals surface area contributed by atoms with Gasteiger partial charge in [0.25, 0.3) is 5.91 Å². The first-order valence-corrected chi connectivity index (χ1v) is 7.15. The number of nitrogens with one attached hydrogen (secondary N) is 1. The molecule has 112 valence electrons. The number of aromatic nitrogens is 2. The molecule has 21 heavy (non-hydrogen) atoms. The number of rotatable bonds is 5. The van der Waals surface area contributed by atoms with Crippen LogP contribution in [-0.2, 0) is 13.1 Å². The van der Waals surface area contributed by atoms with Gasteiger partial charge in [-0.2, -0.15) is 0 Å². The molecular formula is C15H19ClN4O. The first kappa shape index (κ1) is 15.4. The van der Waals surface area contributed by atoms with E-state index in [1.807, 2.05) is 6.20 Å². The van der Waals surface area contributed by atoms with E-state index < -0.39 is 0 Å². The molecule has 0 atom stereocenters. The van der Waals surface area contributed by atoms with Gasteiger partial charge in [-0.05, 0) is 25.1 Å². The van der Waals surface area contributed by atoms with E-state index in [-0.39, 0.29) is 5.91 Å². The van der Waals surface area contributed by atoms with Crippen LogP contribution in [0.1, 0.15) is 23.1 Å². The fourth-order valence-electron chi connectivity index (χ4n) is 2.02. The molecule has 2 rings (SSSR count). The van der Waals surface area contributed by atoms with Crippen molar-refractivity contribution in [2.45, 2.75) is 20.0 Å². The standard InChI is InChI=1S/C15H19ClN4O/c1-4-20-8-7-17-14(20)10-18-13-9-11(5-6-12(13)16)15(21)19(2)3/h5-9,18H,4,10H2,1-3H3. The average Bonchev–Trinajstić information content (AvgIpc) is 2.93. The Morgan fingerprint density at radius 2 is 2.19 bits per heavy atom. The van der Waals surface area contributed by atoms with E-state index in [1.54, 1.807) is 38.5 Å². The van der Waals surface area contributed by atoms with Crippen LogP contribution in [0.5, 0.6) is 0 Å². The summed E-state index contributed by atoms with van der Waals surface area (Å²) in [4.78, 5) is 17.8. The zero-order valence-corrected chi connectivity index (χ0v) is 13.2. The summed E-state index contributed by atoms with van der Waals surface area (Å²) in [5.41, 5.74) is 1.33. The van der Waals surface area contributed by atoms with Crippen molar-refractivity contribution in [1.82, 2.24) is 14.5 Å². The zero-order valence-electron chi connectivity index (χ0n) is 12.4. The van der Waals surface area contributed by atoms with Crippen molar-refractivity contribution in [3.63, 3.8) is 0 Å². The van der Waals surface area contributed by atoms with Crippen LogP contribution in [0.4, 0.5) is 5.69 Å². The Balaban J connectivity index is 2.16. The lowest BCUT2D eigenvalue weighted by atomic mass is 10.2. The van der Waals surface area contributed by atoms with Gasteiger partial charge in [-0.25, -0.2) is 4.98 Å². The van der Waals surface area contributed by atoms with Crippen molar-refractivity contribution in [3.8, 4) is 0 Å². The van der Waals surface area contributed by atoms with Crippen LogP contribution in [-0.4, -0.2) is 34.5 Å². The van der Waals surface area contributed by atoms with Gasteiger partial charge in [0.1, 0.15) is 5.82 Å². The second kappa shape index (κ2) is 6.63. The van der Waals surface area contributed by atoms with Crippen LogP contribution in [0, 0.1) is 0 Å². The highest BCUT2D eigenvalue weighted by atomic mass is 35.5. The number of anilines is 1. The number of amides is 1. The third-order valence-corrected chi connectivity index (χ3v) is 3.53. The summed E-state index contributed by atoms with van der Waals surface area (Å²) in [6.45, 7) is 3.48. The third-order valence-electron chi connectivity index (χ3n) is 3.20. The molecule has 0 saturated carbocycles. The first-order chi connectivity index (χ1) is 10.0. The summed E-state index contributed by atoms with van der Waals surface area (Å²) in [5.74, 6) is 0.877. The van der Waals surface area contributed by atoms with Crippen molar-refractivity contribution < 1.29 is 4.79 Å². The maximum absolute atomic E-state index is 12.0. The predicted octanol–water partition coefficient (Wildman–Crippen LogP) is 2.87. The van der Waals surface area contributed by atoms with E-state index >= 15 is 0 Å². The predicted molar refractivity (Wildman–Crippen MR) is 84.7 cm³/mol. The highest BCUT2D eigenvalue weighted by Crippen LogP contribution is 2.24. The normalized spacial score (nSPS) is 10.5. The van der Waals surface area contributed by atoms with Gasteiger partial charge in [0.05, 0.1) is 17.3 Å². The lowest BCUT2D eigenvalue weighted by molar-refractivity contribution is 0.0827. The van der Waals surface area contributed by atoms with Gasteiger partial charge in [-0.15, -0.1) is 0 Å². The van der Waals surface area contributed by atoms with Gasteiger partial charge in [0.2, 0.25) is 0 Å². The summed E-state index contributed by atoms with van der Waals surface area (Å²) in [5, 5.41) is 3.82. The van der Waals surface area contributed by atoms with Crippen molar-refractivity contribution >= 4 is 23.2 Å². The second-order valence-electron chi connectivity index (χ2n) is 4.88.